The molecular weight excluding hydrogens is 411 g/mol. The summed E-state index contributed by atoms with van der Waals surface area (Å²) in [5.74, 6) is 3.17. The van der Waals surface area contributed by atoms with Crippen LogP contribution < -0.4 is 10.6 Å². The molecule has 0 saturated carbocycles. The molecule has 0 fully saturated rings. The summed E-state index contributed by atoms with van der Waals surface area (Å²) in [6.07, 6.45) is 12.5. The fourth-order valence-corrected chi connectivity index (χ4v) is 2.97. The van der Waals surface area contributed by atoms with Crippen LogP contribution >= 0.6 is 0 Å². The van der Waals surface area contributed by atoms with Crippen LogP contribution in [0.2, 0.25) is 0 Å². The van der Waals surface area contributed by atoms with Crippen LogP contribution in [0, 0.1) is 24.7 Å². The molecule has 10 heteroatoms. The van der Waals surface area contributed by atoms with Crippen molar-refractivity contribution in [3.8, 4) is 24.7 Å². The summed E-state index contributed by atoms with van der Waals surface area (Å²) >= 11 is 0. The first kappa shape index (κ1) is 27.5. The van der Waals surface area contributed by atoms with Gasteiger partial charge >= 0.3 is 0 Å². The van der Waals surface area contributed by atoms with Crippen molar-refractivity contribution in [2.75, 3.05) is 46.3 Å². The summed E-state index contributed by atoms with van der Waals surface area (Å²) in [6.45, 7) is -0.0502. The van der Waals surface area contributed by atoms with Crippen molar-refractivity contribution in [3.63, 3.8) is 0 Å². The number of nitrogens with zero attached hydrogens (tertiary/aromatic N) is 2. The maximum Gasteiger partial charge on any atom is 0.268 e. The summed E-state index contributed by atoms with van der Waals surface area (Å²) < 4.78 is 26.1. The number of hydrogen-bond donors (Lipinski definition) is 2. The third kappa shape index (κ3) is 12.8. The highest BCUT2D eigenvalue weighted by atomic mass is 32.2. The molecule has 2 amide bonds. The number of nitrogens with one attached hydrogen (secondary N) is 2. The van der Waals surface area contributed by atoms with Gasteiger partial charge in [0.15, 0.2) is 5.78 Å². The number of allylic oxidation sites excluding steroid dienone is 1. The first-order valence-electron chi connectivity index (χ1n) is 9.28. The van der Waals surface area contributed by atoms with Gasteiger partial charge in [-0.2, -0.15) is 0 Å². The van der Waals surface area contributed by atoms with Crippen LogP contribution in [0.15, 0.2) is 11.8 Å². The highest BCUT2D eigenvalue weighted by molar-refractivity contribution is 7.82. The van der Waals surface area contributed by atoms with E-state index in [-0.39, 0.29) is 36.6 Å². The Balaban J connectivity index is 4.48. The van der Waals surface area contributed by atoms with Crippen molar-refractivity contribution in [2.24, 2.45) is 0 Å². The second kappa shape index (κ2) is 16.3. The topological polar surface area (TPSA) is 98.8 Å². The number of carbonyl (C=O) groups excluding carboxylic acids is 3. The van der Waals surface area contributed by atoms with Gasteiger partial charge in [-0.15, -0.1) is 18.8 Å². The Morgan fingerprint density at radius 3 is 2.47 bits per heavy atom. The van der Waals surface area contributed by atoms with E-state index in [1.54, 1.807) is 14.1 Å². The number of Topliss-reactive ketones (excluding diaryl/α,β-unsaturated/α-hetero) is 1. The molecule has 30 heavy (non-hydrogen) atoms. The van der Waals surface area contributed by atoms with E-state index < -0.39 is 29.6 Å². The number of ketones is 1. The fraction of sp³-hybridized carbons (Fsp3) is 0.550. The molecule has 166 valence electrons. The lowest BCUT2D eigenvalue weighted by atomic mass is 10.2. The number of rotatable bonds is 15. The van der Waals surface area contributed by atoms with E-state index in [4.69, 9.17) is 12.8 Å². The third-order valence-corrected chi connectivity index (χ3v) is 5.25. The summed E-state index contributed by atoms with van der Waals surface area (Å²) in [5, 5.41) is 4.76. The maximum absolute atomic E-state index is 12.4. The Kier molecular flexibility index (Phi) is 14.9. The second-order valence-electron chi connectivity index (χ2n) is 6.38. The molecule has 0 saturated heterocycles. The van der Waals surface area contributed by atoms with Crippen LogP contribution in [0.4, 0.5) is 4.39 Å². The van der Waals surface area contributed by atoms with E-state index in [2.05, 4.69) is 22.5 Å². The van der Waals surface area contributed by atoms with Crippen LogP contribution in [0.1, 0.15) is 25.7 Å². The molecule has 1 atom stereocenters. The van der Waals surface area contributed by atoms with Gasteiger partial charge in [0.25, 0.3) is 5.91 Å². The van der Waals surface area contributed by atoms with Gasteiger partial charge in [-0.05, 0) is 20.5 Å². The Morgan fingerprint density at radius 1 is 1.17 bits per heavy atom. The van der Waals surface area contributed by atoms with E-state index >= 15 is 0 Å². The quantitative estimate of drug-likeness (QED) is 0.161. The Morgan fingerprint density at radius 2 is 1.87 bits per heavy atom. The first-order valence-corrected chi connectivity index (χ1v) is 10.6. The predicted molar refractivity (Wildman–Crippen MR) is 115 cm³/mol. The Bertz CT molecular complexity index is 727. The monoisotopic (exact) mass is 440 g/mol. The first-order chi connectivity index (χ1) is 14.2. The number of amides is 2. The molecule has 2 N–H and O–H groups in total. The van der Waals surface area contributed by atoms with Gasteiger partial charge in [-0.3, -0.25) is 19.3 Å². The standard InChI is InChI=1S/C20H29FN4O4S/c1-5-7-8-10-17(26)15-22-20(28)18(9-6-2)23-19(27)11-14-30(29)25(4)13-12-24(3)16-21/h1-2,9H,7-8,10-16H2,3-4H3,(H,22,28)(H,23,27)/b18-9+. The molecule has 0 radical (unpaired) electrons. The average Bonchev–Trinajstić information content (AvgIpc) is 2.73. The number of unbranched alkanes of at least 4 members (excludes halogenated alkanes) is 1. The van der Waals surface area contributed by atoms with Crippen molar-refractivity contribution in [3.05, 3.63) is 11.8 Å². The van der Waals surface area contributed by atoms with Crippen LogP contribution in [0.5, 0.6) is 0 Å². The highest BCUT2D eigenvalue weighted by Gasteiger charge is 2.16. The maximum atomic E-state index is 12.4. The van der Waals surface area contributed by atoms with Crippen LogP contribution in [-0.2, 0) is 25.4 Å². The lowest BCUT2D eigenvalue weighted by Gasteiger charge is -2.19. The van der Waals surface area contributed by atoms with Crippen molar-refractivity contribution in [1.29, 1.82) is 0 Å². The van der Waals surface area contributed by atoms with E-state index in [0.717, 1.165) is 6.08 Å². The van der Waals surface area contributed by atoms with E-state index in [9.17, 15) is 23.0 Å². The van der Waals surface area contributed by atoms with Gasteiger partial charge in [0.05, 0.1) is 17.5 Å². The number of alkyl halides is 1. The number of carbonyl (C=O) groups is 3. The van der Waals surface area contributed by atoms with Crippen molar-refractivity contribution in [2.45, 2.75) is 25.7 Å². The SMILES string of the molecule is C#C/C=C(/NC(=O)CCS(=O)N(C)CCN(C)CF)C(=O)NCC(=O)CCCC#C. The Labute approximate surface area is 180 Å². The van der Waals surface area contributed by atoms with Crippen LogP contribution in [-0.4, -0.2) is 77.3 Å². The number of terminal acetylenes is 2. The molecule has 0 bridgehead atoms. The molecule has 0 aliphatic heterocycles. The summed E-state index contributed by atoms with van der Waals surface area (Å²) in [4.78, 5) is 37.4. The minimum atomic E-state index is -1.44. The second-order valence-corrected chi connectivity index (χ2v) is 8.05. The fourth-order valence-electron chi connectivity index (χ4n) is 2.01. The van der Waals surface area contributed by atoms with Gasteiger partial charge in [0, 0.05) is 44.2 Å². The van der Waals surface area contributed by atoms with Crippen molar-refractivity contribution < 1.29 is 23.0 Å². The molecule has 0 rings (SSSR count). The predicted octanol–water partition coefficient (Wildman–Crippen LogP) is -0.0471. The van der Waals surface area contributed by atoms with Crippen molar-refractivity contribution in [1.82, 2.24) is 19.8 Å². The number of hydrogen-bond acceptors (Lipinski definition) is 5. The molecule has 0 aromatic carbocycles. The lowest BCUT2D eigenvalue weighted by molar-refractivity contribution is -0.125. The third-order valence-electron chi connectivity index (χ3n) is 3.82. The highest BCUT2D eigenvalue weighted by Crippen LogP contribution is 1.99. The minimum absolute atomic E-state index is 0.0281. The van der Waals surface area contributed by atoms with Crippen LogP contribution in [0.25, 0.3) is 0 Å². The molecule has 8 nitrogen and oxygen atoms in total. The van der Waals surface area contributed by atoms with E-state index in [1.807, 2.05) is 0 Å². The largest absolute Gasteiger partial charge is 0.344 e. The molecule has 0 aromatic rings. The molecule has 0 heterocycles. The molecule has 0 aliphatic rings. The molecule has 0 aliphatic carbocycles. The van der Waals surface area contributed by atoms with Gasteiger partial charge in [0.2, 0.25) is 5.91 Å². The zero-order valence-electron chi connectivity index (χ0n) is 17.4. The van der Waals surface area contributed by atoms with Crippen LogP contribution in [0.3, 0.4) is 0 Å². The van der Waals surface area contributed by atoms with E-state index in [0.29, 0.717) is 25.9 Å². The Hall–Kier alpha value is -2.53. The zero-order chi connectivity index (χ0) is 22.9. The van der Waals surface area contributed by atoms with Crippen molar-refractivity contribution >= 4 is 28.6 Å². The summed E-state index contributed by atoms with van der Waals surface area (Å²) in [6, 6.07) is 0. The number of halogens is 1. The smallest absolute Gasteiger partial charge is 0.268 e. The van der Waals surface area contributed by atoms with Gasteiger partial charge in [-0.1, -0.05) is 5.92 Å². The molecular formula is C20H29FN4O4S. The van der Waals surface area contributed by atoms with Gasteiger partial charge in [0.1, 0.15) is 12.5 Å². The molecule has 1 unspecified atom stereocenters. The average molecular weight is 441 g/mol. The minimum Gasteiger partial charge on any atom is -0.344 e. The normalized spacial score (nSPS) is 12.2. The zero-order valence-corrected chi connectivity index (χ0v) is 18.2. The number of likely N-dealkylation sites (N-methyl/N-ethyl adjacent to an activating group) is 2. The molecule has 0 aromatic heterocycles. The summed E-state index contributed by atoms with van der Waals surface area (Å²) in [5.41, 5.74) is -0.178. The van der Waals surface area contributed by atoms with Gasteiger partial charge < -0.3 is 10.6 Å². The summed E-state index contributed by atoms with van der Waals surface area (Å²) in [7, 11) is 1.76. The van der Waals surface area contributed by atoms with Gasteiger partial charge in [-0.25, -0.2) is 12.9 Å². The molecule has 0 spiro atoms. The van der Waals surface area contributed by atoms with E-state index in [1.165, 1.54) is 9.21 Å². The lowest BCUT2D eigenvalue weighted by Crippen LogP contribution is -2.38.